The van der Waals surface area contributed by atoms with Crippen molar-refractivity contribution in [2.24, 2.45) is 9.98 Å². The quantitative estimate of drug-likeness (QED) is 0.0393. The van der Waals surface area contributed by atoms with E-state index < -0.39 is 14.5 Å². The Hall–Kier alpha value is -7.52. The molecule has 19 heteroatoms. The summed E-state index contributed by atoms with van der Waals surface area (Å²) in [6.07, 6.45) is 8.47. The van der Waals surface area contributed by atoms with E-state index >= 15 is 0 Å². The molecule has 0 radical (unpaired) electrons. The fourth-order valence-corrected chi connectivity index (χ4v) is 11.2. The first kappa shape index (κ1) is 57.2. The maximum absolute atomic E-state index is 14.3. The molecule has 0 aliphatic carbocycles. The van der Waals surface area contributed by atoms with Crippen molar-refractivity contribution in [3.63, 3.8) is 0 Å². The zero-order valence-electron chi connectivity index (χ0n) is 46.5. The summed E-state index contributed by atoms with van der Waals surface area (Å²) >= 11 is 0. The number of hydrogen-bond donors (Lipinski definition) is 2. The van der Waals surface area contributed by atoms with E-state index in [2.05, 4.69) is 0 Å². The van der Waals surface area contributed by atoms with Crippen LogP contribution in [-0.2, 0) is 32.2 Å². The van der Waals surface area contributed by atoms with Crippen LogP contribution in [0.4, 0.5) is 17.1 Å². The Bertz CT molecular complexity index is 3120. The minimum absolute atomic E-state index is 0.0268. The molecule has 0 saturated heterocycles. The molecule has 0 aromatic heterocycles. The van der Waals surface area contributed by atoms with Gasteiger partial charge in [0.05, 0.1) is 90.5 Å². The Balaban J connectivity index is 0.986. The lowest BCUT2D eigenvalue weighted by Gasteiger charge is -2.27. The van der Waals surface area contributed by atoms with Crippen molar-refractivity contribution >= 4 is 60.8 Å². The van der Waals surface area contributed by atoms with Crippen molar-refractivity contribution in [3.05, 3.63) is 137 Å². The Labute approximate surface area is 468 Å². The molecule has 4 aliphatic heterocycles. The number of rotatable bonds is 26. The average molecular weight is 1110 g/mol. The average Bonchev–Trinajstić information content (AvgIpc) is 4.10. The van der Waals surface area contributed by atoms with Crippen LogP contribution in [0, 0.1) is 0 Å². The van der Waals surface area contributed by atoms with E-state index in [1.165, 1.54) is 7.11 Å². The predicted molar refractivity (Wildman–Crippen MR) is 309 cm³/mol. The number of anilines is 1. The summed E-state index contributed by atoms with van der Waals surface area (Å²) < 4.78 is 52.3. The number of nitrogens with zero attached hydrogens (tertiary/aromatic N) is 5. The highest BCUT2D eigenvalue weighted by Crippen LogP contribution is 2.45. The SMILES string of the molecule is COCCOCCOCCN(C(=O)CCC[Si](C)(C)O)c1cc(COc2cc3c(cc2OC)C(=O)N2C=C(c4ccc(OC)cc4)C[C@H]2C=N3)cc(COc2cc3c(cc2OC)C(O)N2C=C(c4ccc(OC)cc4)C[C@H]2C=N3)c1. The molecule has 0 fully saturated rings. The van der Waals surface area contributed by atoms with Crippen molar-refractivity contribution in [3.8, 4) is 34.5 Å². The molecule has 422 valence electrons. The molecular formula is C61H71N5O13Si. The number of hydrogen-bond acceptors (Lipinski definition) is 16. The fraction of sp³-hybridized carbons (Fsp3) is 0.377. The van der Waals surface area contributed by atoms with Gasteiger partial charge in [-0.15, -0.1) is 0 Å². The third kappa shape index (κ3) is 13.7. The number of carbonyl (C=O) groups is 2. The Morgan fingerprint density at radius 2 is 1.23 bits per heavy atom. The molecule has 4 heterocycles. The summed E-state index contributed by atoms with van der Waals surface area (Å²) in [6, 6.07) is 28.4. The molecular weight excluding hydrogens is 1040 g/mol. The second kappa shape index (κ2) is 26.2. The second-order valence-electron chi connectivity index (χ2n) is 20.5. The topological polar surface area (TPSA) is 192 Å². The van der Waals surface area contributed by atoms with Crippen LogP contribution < -0.4 is 33.3 Å². The predicted octanol–water partition coefficient (Wildman–Crippen LogP) is 9.66. The molecule has 2 amide bonds. The van der Waals surface area contributed by atoms with Gasteiger partial charge in [-0.05, 0) is 120 Å². The molecule has 2 N–H and O–H groups in total. The van der Waals surface area contributed by atoms with Gasteiger partial charge >= 0.3 is 0 Å². The van der Waals surface area contributed by atoms with Gasteiger partial charge in [0.2, 0.25) is 5.91 Å². The van der Waals surface area contributed by atoms with E-state index in [0.29, 0.717) is 114 Å². The lowest BCUT2D eigenvalue weighted by molar-refractivity contribution is -0.118. The smallest absolute Gasteiger partial charge is 0.260 e. The van der Waals surface area contributed by atoms with Crippen LogP contribution in [0.25, 0.3) is 11.1 Å². The van der Waals surface area contributed by atoms with Gasteiger partial charge in [0.15, 0.2) is 37.5 Å². The highest BCUT2D eigenvalue weighted by Gasteiger charge is 2.35. The minimum atomic E-state index is -2.43. The molecule has 5 aromatic carbocycles. The van der Waals surface area contributed by atoms with Gasteiger partial charge in [-0.1, -0.05) is 24.3 Å². The van der Waals surface area contributed by atoms with Crippen LogP contribution in [0.3, 0.4) is 0 Å². The number of carbonyl (C=O) groups excluding carboxylic acids is 2. The van der Waals surface area contributed by atoms with E-state index in [0.717, 1.165) is 33.8 Å². The van der Waals surface area contributed by atoms with Gasteiger partial charge in [0.25, 0.3) is 5.91 Å². The molecule has 5 aromatic rings. The van der Waals surface area contributed by atoms with E-state index in [1.54, 1.807) is 68.7 Å². The first-order chi connectivity index (χ1) is 38.8. The van der Waals surface area contributed by atoms with Crippen LogP contribution in [0.2, 0.25) is 19.1 Å². The summed E-state index contributed by atoms with van der Waals surface area (Å²) in [4.78, 5) is 54.2. The monoisotopic (exact) mass is 1110 g/mol. The van der Waals surface area contributed by atoms with Crippen LogP contribution in [0.15, 0.2) is 113 Å². The number of amides is 2. The van der Waals surface area contributed by atoms with Crippen molar-refractivity contribution in [1.82, 2.24) is 9.80 Å². The molecule has 80 heavy (non-hydrogen) atoms. The number of methoxy groups -OCH3 is 5. The molecule has 4 aliphatic rings. The lowest BCUT2D eigenvalue weighted by atomic mass is 10.0. The number of aliphatic hydroxyl groups is 1. The third-order valence-electron chi connectivity index (χ3n) is 14.4. The van der Waals surface area contributed by atoms with Crippen LogP contribution in [0.5, 0.6) is 34.5 Å². The maximum Gasteiger partial charge on any atom is 0.260 e. The molecule has 9 rings (SSSR count). The van der Waals surface area contributed by atoms with Crippen LogP contribution in [-0.4, -0.2) is 139 Å². The third-order valence-corrected chi connectivity index (χ3v) is 16.0. The first-order valence-electron chi connectivity index (χ1n) is 26.8. The van der Waals surface area contributed by atoms with E-state index in [9.17, 15) is 19.5 Å². The maximum atomic E-state index is 14.3. The van der Waals surface area contributed by atoms with Gasteiger partial charge in [0, 0.05) is 74.7 Å². The van der Waals surface area contributed by atoms with Crippen LogP contribution in [0.1, 0.15) is 70.1 Å². The zero-order valence-corrected chi connectivity index (χ0v) is 47.5. The summed E-state index contributed by atoms with van der Waals surface area (Å²) in [5.74, 6) is 2.68. The Morgan fingerprint density at radius 1 is 0.662 bits per heavy atom. The van der Waals surface area contributed by atoms with Gasteiger partial charge in [-0.3, -0.25) is 19.6 Å². The van der Waals surface area contributed by atoms with Gasteiger partial charge in [-0.2, -0.15) is 0 Å². The van der Waals surface area contributed by atoms with Crippen molar-refractivity contribution in [2.75, 3.05) is 80.0 Å². The highest BCUT2D eigenvalue weighted by atomic mass is 28.4. The van der Waals surface area contributed by atoms with E-state index in [1.807, 2.05) is 103 Å². The molecule has 0 saturated carbocycles. The normalized spacial score (nSPS) is 17.1. The zero-order chi connectivity index (χ0) is 56.3. The van der Waals surface area contributed by atoms with E-state index in [4.69, 9.17) is 52.6 Å². The molecule has 0 spiro atoms. The number of ether oxygens (including phenoxy) is 9. The lowest BCUT2D eigenvalue weighted by Crippen LogP contribution is -2.35. The second-order valence-corrected chi connectivity index (χ2v) is 24.6. The number of benzene rings is 5. The van der Waals surface area contributed by atoms with Crippen molar-refractivity contribution in [2.45, 2.75) is 76.3 Å². The number of fused-ring (bicyclic) bond motifs is 4. The molecule has 0 bridgehead atoms. The largest absolute Gasteiger partial charge is 0.497 e. The highest BCUT2D eigenvalue weighted by molar-refractivity contribution is 6.69. The number of aliphatic hydroxyl groups excluding tert-OH is 1. The standard InChI is InChI=1S/C61H71N5O13Si/c1-71-20-21-77-23-22-76-19-18-64(59(67)9-8-24-80(6,7)70)46-26-40(38-78-57-32-53-51(30-55(57)74-4)60(68)65-36-44(28-47(65)34-62-53)42-10-14-49(72-2)15-11-42)25-41(27-46)39-79-58-33-54-52(31-56(58)75-5)61(69)66-37-45(29-48(66)35-63-54)43-12-16-50(73-3)17-13-43/h10-17,25-27,30-37,47-48,60,68,70H,8-9,18-24,28-29,38-39H2,1-7H3/t47-,48-,60?/m0/s1. The fourth-order valence-electron chi connectivity index (χ4n) is 10.1. The van der Waals surface area contributed by atoms with Gasteiger partial charge in [-0.25, -0.2) is 0 Å². The summed E-state index contributed by atoms with van der Waals surface area (Å²) in [7, 11) is 5.53. The minimum Gasteiger partial charge on any atom is -0.497 e. The summed E-state index contributed by atoms with van der Waals surface area (Å²) in [5.41, 5.74) is 8.02. The van der Waals surface area contributed by atoms with Gasteiger partial charge < -0.3 is 67.2 Å². The van der Waals surface area contributed by atoms with E-state index in [-0.39, 0.29) is 56.7 Å². The summed E-state index contributed by atoms with van der Waals surface area (Å²) in [6.45, 7) is 5.86. The molecule has 18 nitrogen and oxygen atoms in total. The van der Waals surface area contributed by atoms with Gasteiger partial charge in [0.1, 0.15) is 24.7 Å². The summed E-state index contributed by atoms with van der Waals surface area (Å²) in [5, 5.41) is 11.9. The molecule has 3 atom stereocenters. The Kier molecular flexibility index (Phi) is 18.7. The number of aliphatic imine (C=N–C) groups is 2. The van der Waals surface area contributed by atoms with Crippen LogP contribution >= 0.6 is 0 Å². The molecule has 1 unspecified atom stereocenters. The first-order valence-corrected chi connectivity index (χ1v) is 30.0. The van der Waals surface area contributed by atoms with Crippen molar-refractivity contribution in [1.29, 1.82) is 0 Å². The van der Waals surface area contributed by atoms with Crippen molar-refractivity contribution < 1.29 is 62.1 Å². The Morgan fingerprint density at radius 3 is 1.84 bits per heavy atom.